The number of methoxy groups -OCH3 is 2. The maximum absolute atomic E-state index is 11.9. The first-order valence-electron chi connectivity index (χ1n) is 5.95. The van der Waals surface area contributed by atoms with E-state index in [2.05, 4.69) is 11.2 Å². The van der Waals surface area contributed by atoms with E-state index < -0.39 is 5.54 Å². The number of rotatable bonds is 6. The van der Waals surface area contributed by atoms with Crippen molar-refractivity contribution >= 4 is 5.97 Å². The van der Waals surface area contributed by atoms with Crippen LogP contribution >= 0.6 is 0 Å². The number of hydrogen-bond donors (Lipinski definition) is 1. The van der Waals surface area contributed by atoms with Gasteiger partial charge in [0, 0.05) is 6.42 Å². The molecule has 1 unspecified atom stereocenters. The quantitative estimate of drug-likeness (QED) is 0.621. The Morgan fingerprint density at radius 3 is 2.47 bits per heavy atom. The molecule has 0 amide bonds. The topological polar surface area (TPSA) is 47.6 Å². The molecule has 1 aromatic rings. The number of nitrogens with one attached hydrogen (secondary N) is 1. The molecule has 1 atom stereocenters. The van der Waals surface area contributed by atoms with Crippen molar-refractivity contribution in [2.75, 3.05) is 20.8 Å². The number of benzene rings is 1. The molecule has 0 radical (unpaired) electrons. The lowest BCUT2D eigenvalue weighted by Crippen LogP contribution is -2.52. The van der Waals surface area contributed by atoms with Gasteiger partial charge in [0.1, 0.15) is 11.3 Å². The van der Waals surface area contributed by atoms with Gasteiger partial charge in [0.25, 0.3) is 0 Å². The van der Waals surface area contributed by atoms with Gasteiger partial charge in [0.05, 0.1) is 20.8 Å². The predicted molar refractivity (Wildman–Crippen MR) is 74.0 cm³/mol. The SMILES string of the molecule is C#CCNC(C)(Cc1ccc(OC)cc1)C(=O)OC. The van der Waals surface area contributed by atoms with Crippen LogP contribution in [0.25, 0.3) is 0 Å². The molecule has 0 heterocycles. The van der Waals surface area contributed by atoms with Gasteiger partial charge in [-0.15, -0.1) is 6.42 Å². The maximum atomic E-state index is 11.9. The molecule has 1 rings (SSSR count). The van der Waals surface area contributed by atoms with Crippen molar-refractivity contribution in [1.29, 1.82) is 0 Å². The van der Waals surface area contributed by atoms with Crippen molar-refractivity contribution in [3.05, 3.63) is 29.8 Å². The Morgan fingerprint density at radius 1 is 1.37 bits per heavy atom. The van der Waals surface area contributed by atoms with Crippen LogP contribution in [-0.2, 0) is 16.0 Å². The normalized spacial score (nSPS) is 13.2. The molecule has 0 saturated heterocycles. The lowest BCUT2D eigenvalue weighted by Gasteiger charge is -2.27. The first kappa shape index (κ1) is 15.1. The van der Waals surface area contributed by atoms with Crippen molar-refractivity contribution in [3.8, 4) is 18.1 Å². The van der Waals surface area contributed by atoms with Crippen LogP contribution in [0.1, 0.15) is 12.5 Å². The Morgan fingerprint density at radius 2 is 2.00 bits per heavy atom. The first-order chi connectivity index (χ1) is 9.05. The summed E-state index contributed by atoms with van der Waals surface area (Å²) < 4.78 is 9.93. The number of carbonyl (C=O) groups is 1. The molecule has 0 spiro atoms. The Hall–Kier alpha value is -1.99. The molecule has 0 aliphatic carbocycles. The predicted octanol–water partition coefficient (Wildman–Crippen LogP) is 1.39. The summed E-state index contributed by atoms with van der Waals surface area (Å²) in [6.07, 6.45) is 5.72. The van der Waals surface area contributed by atoms with Crippen molar-refractivity contribution in [1.82, 2.24) is 5.32 Å². The Kier molecular flexibility index (Phi) is 5.40. The summed E-state index contributed by atoms with van der Waals surface area (Å²) in [5.74, 6) is 2.91. The van der Waals surface area contributed by atoms with Gasteiger partial charge < -0.3 is 9.47 Å². The summed E-state index contributed by atoms with van der Waals surface area (Å²) in [7, 11) is 2.98. The minimum absolute atomic E-state index is 0.307. The number of terminal acetylenes is 1. The van der Waals surface area contributed by atoms with Crippen molar-refractivity contribution < 1.29 is 14.3 Å². The van der Waals surface area contributed by atoms with Gasteiger partial charge >= 0.3 is 5.97 Å². The van der Waals surface area contributed by atoms with Crippen LogP contribution in [-0.4, -0.2) is 32.3 Å². The number of ether oxygens (including phenoxy) is 2. The highest BCUT2D eigenvalue weighted by Gasteiger charge is 2.33. The van der Waals surface area contributed by atoms with Crippen molar-refractivity contribution in [2.45, 2.75) is 18.9 Å². The molecule has 4 heteroatoms. The third kappa shape index (κ3) is 4.01. The molecular formula is C15H19NO3. The fourth-order valence-corrected chi connectivity index (χ4v) is 1.83. The second-order valence-corrected chi connectivity index (χ2v) is 4.41. The summed E-state index contributed by atoms with van der Waals surface area (Å²) in [5.41, 5.74) is 0.161. The molecule has 0 aromatic heterocycles. The molecule has 0 fully saturated rings. The van der Waals surface area contributed by atoms with Crippen LogP contribution in [0.4, 0.5) is 0 Å². The van der Waals surface area contributed by atoms with Gasteiger partial charge in [-0.2, -0.15) is 0 Å². The van der Waals surface area contributed by atoms with E-state index in [0.717, 1.165) is 11.3 Å². The van der Waals surface area contributed by atoms with E-state index in [-0.39, 0.29) is 5.97 Å². The highest BCUT2D eigenvalue weighted by atomic mass is 16.5. The van der Waals surface area contributed by atoms with Crippen molar-refractivity contribution in [3.63, 3.8) is 0 Å². The average molecular weight is 261 g/mol. The maximum Gasteiger partial charge on any atom is 0.326 e. The minimum Gasteiger partial charge on any atom is -0.497 e. The van der Waals surface area contributed by atoms with Gasteiger partial charge in [-0.05, 0) is 24.6 Å². The molecule has 0 aliphatic rings. The van der Waals surface area contributed by atoms with E-state index in [1.54, 1.807) is 14.0 Å². The Labute approximate surface area is 114 Å². The number of hydrogen-bond acceptors (Lipinski definition) is 4. The Bertz CT molecular complexity index is 461. The highest BCUT2D eigenvalue weighted by molar-refractivity contribution is 5.80. The third-order valence-corrected chi connectivity index (χ3v) is 2.93. The van der Waals surface area contributed by atoms with Crippen molar-refractivity contribution in [2.24, 2.45) is 0 Å². The summed E-state index contributed by atoms with van der Waals surface area (Å²) in [6.45, 7) is 2.09. The van der Waals surface area contributed by atoms with Gasteiger partial charge in [-0.1, -0.05) is 18.1 Å². The second-order valence-electron chi connectivity index (χ2n) is 4.41. The van der Waals surface area contributed by atoms with E-state index in [9.17, 15) is 4.79 Å². The lowest BCUT2D eigenvalue weighted by atomic mass is 9.92. The summed E-state index contributed by atoms with van der Waals surface area (Å²) >= 11 is 0. The van der Waals surface area contributed by atoms with E-state index in [1.165, 1.54) is 7.11 Å². The smallest absolute Gasteiger partial charge is 0.326 e. The zero-order valence-electron chi connectivity index (χ0n) is 11.5. The molecule has 0 saturated carbocycles. The van der Waals surface area contributed by atoms with E-state index in [1.807, 2.05) is 24.3 Å². The fourth-order valence-electron chi connectivity index (χ4n) is 1.83. The summed E-state index contributed by atoms with van der Waals surface area (Å²) in [5, 5.41) is 3.03. The molecule has 19 heavy (non-hydrogen) atoms. The van der Waals surface area contributed by atoms with E-state index in [0.29, 0.717) is 13.0 Å². The van der Waals surface area contributed by atoms with Gasteiger partial charge in [0.15, 0.2) is 0 Å². The molecule has 1 N–H and O–H groups in total. The minimum atomic E-state index is -0.838. The monoisotopic (exact) mass is 261 g/mol. The van der Waals surface area contributed by atoms with Crippen LogP contribution in [0.5, 0.6) is 5.75 Å². The summed E-state index contributed by atoms with van der Waals surface area (Å²) in [4.78, 5) is 11.9. The van der Waals surface area contributed by atoms with Crippen LogP contribution < -0.4 is 10.1 Å². The highest BCUT2D eigenvalue weighted by Crippen LogP contribution is 2.18. The van der Waals surface area contributed by atoms with Crippen LogP contribution in [0.15, 0.2) is 24.3 Å². The molecule has 1 aromatic carbocycles. The third-order valence-electron chi connectivity index (χ3n) is 2.93. The second kappa shape index (κ2) is 6.81. The van der Waals surface area contributed by atoms with Crippen LogP contribution in [0.3, 0.4) is 0 Å². The molecule has 4 nitrogen and oxygen atoms in total. The zero-order valence-corrected chi connectivity index (χ0v) is 11.5. The van der Waals surface area contributed by atoms with E-state index in [4.69, 9.17) is 15.9 Å². The fraction of sp³-hybridized carbons (Fsp3) is 0.400. The Balaban J connectivity index is 2.87. The molecule has 0 bridgehead atoms. The van der Waals surface area contributed by atoms with Crippen LogP contribution in [0, 0.1) is 12.3 Å². The largest absolute Gasteiger partial charge is 0.497 e. The number of carbonyl (C=O) groups excluding carboxylic acids is 1. The van der Waals surface area contributed by atoms with Gasteiger partial charge in [-0.3, -0.25) is 10.1 Å². The van der Waals surface area contributed by atoms with E-state index >= 15 is 0 Å². The first-order valence-corrected chi connectivity index (χ1v) is 5.95. The molecule has 0 aliphatic heterocycles. The molecule has 102 valence electrons. The van der Waals surface area contributed by atoms with Gasteiger partial charge in [-0.25, -0.2) is 0 Å². The molecular weight excluding hydrogens is 242 g/mol. The van der Waals surface area contributed by atoms with Crippen LogP contribution in [0.2, 0.25) is 0 Å². The van der Waals surface area contributed by atoms with Gasteiger partial charge in [0.2, 0.25) is 0 Å². The summed E-state index contributed by atoms with van der Waals surface area (Å²) in [6, 6.07) is 7.54. The average Bonchev–Trinajstić information content (AvgIpc) is 2.45. The lowest BCUT2D eigenvalue weighted by molar-refractivity contribution is -0.147. The standard InChI is InChI=1S/C15H19NO3/c1-5-10-16-15(2,14(17)19-4)11-12-6-8-13(18-3)9-7-12/h1,6-9,16H,10-11H2,2-4H3. The zero-order chi connectivity index (χ0) is 14.3. The number of esters is 1.